The summed E-state index contributed by atoms with van der Waals surface area (Å²) in [5.74, 6) is 0. The van der Waals surface area contributed by atoms with Gasteiger partial charge in [-0.3, -0.25) is 0 Å². The van der Waals surface area contributed by atoms with Crippen LogP contribution in [0.2, 0.25) is 0 Å². The summed E-state index contributed by atoms with van der Waals surface area (Å²) in [5, 5.41) is 25.2. The van der Waals surface area contributed by atoms with E-state index in [1.165, 1.54) is 209 Å². The largest absolute Gasteiger partial charge is 0.371 e. The van der Waals surface area contributed by atoms with Crippen molar-refractivity contribution >= 4 is 66.6 Å². The van der Waals surface area contributed by atoms with Crippen molar-refractivity contribution in [3.63, 3.8) is 0 Å². The fraction of sp³-hybridized carbons (Fsp3) is 0.553. The van der Waals surface area contributed by atoms with Gasteiger partial charge in [-0.15, -0.1) is 15.3 Å². The fourth-order valence-electron chi connectivity index (χ4n) is 12.8. The summed E-state index contributed by atoms with van der Waals surface area (Å²) in [6.07, 6.45) is 29.4. The van der Waals surface area contributed by atoms with Gasteiger partial charge in [-0.2, -0.15) is 9.68 Å². The third kappa shape index (κ3) is 20.5. The van der Waals surface area contributed by atoms with Crippen LogP contribution in [0.5, 0.6) is 0 Å². The van der Waals surface area contributed by atoms with Gasteiger partial charge in [-0.25, -0.2) is 4.57 Å². The van der Waals surface area contributed by atoms with Gasteiger partial charge >= 0.3 is 0 Å². The molecule has 0 fully saturated rings. The molecule has 0 aliphatic heterocycles. The van der Waals surface area contributed by atoms with Crippen molar-refractivity contribution in [3.8, 4) is 0 Å². The number of para-hydroxylation sites is 1. The van der Waals surface area contributed by atoms with Gasteiger partial charge in [0.2, 0.25) is 5.52 Å². The van der Waals surface area contributed by atoms with Gasteiger partial charge < -0.3 is 18.8 Å². The van der Waals surface area contributed by atoms with Crippen molar-refractivity contribution in [2.75, 3.05) is 88.3 Å². The van der Waals surface area contributed by atoms with Crippen molar-refractivity contribution in [2.24, 2.45) is 20.5 Å². The Labute approximate surface area is 522 Å². The van der Waals surface area contributed by atoms with Crippen LogP contribution in [0, 0.1) is 0 Å². The molecule has 86 heavy (non-hydrogen) atoms. The number of aromatic nitrogens is 2. The molecule has 10 nitrogen and oxygen atoms in total. The highest BCUT2D eigenvalue weighted by Gasteiger charge is 2.23. The Morgan fingerprint density at radius 3 is 1.12 bits per heavy atom. The van der Waals surface area contributed by atoms with Gasteiger partial charge in [-0.05, 0) is 97.6 Å². The van der Waals surface area contributed by atoms with Crippen molar-refractivity contribution in [3.05, 3.63) is 134 Å². The van der Waals surface area contributed by atoms with Crippen LogP contribution in [-0.2, 0) is 13.1 Å². The topological polar surface area (TPSA) is 63.7 Å². The van der Waals surface area contributed by atoms with Crippen molar-refractivity contribution < 1.29 is 18.1 Å². The average molecular weight is 1170 g/mol. The normalized spacial score (nSPS) is 12.1. The molecule has 0 amide bonds. The summed E-state index contributed by atoms with van der Waals surface area (Å²) >= 11 is 0. The van der Waals surface area contributed by atoms with E-state index in [2.05, 4.69) is 227 Å². The number of azo groups is 2. The maximum Gasteiger partial charge on any atom is 0.214 e. The number of nitrogens with zero attached hydrogens (tertiary/aromatic N) is 10. The number of fused-ring (bicyclic) bond motifs is 3. The summed E-state index contributed by atoms with van der Waals surface area (Å²) in [6.45, 7) is 39.3. The number of benzene rings is 5. The maximum absolute atomic E-state index is 4.88. The highest BCUT2D eigenvalue weighted by Crippen LogP contribution is 2.38. The van der Waals surface area contributed by atoms with Gasteiger partial charge in [0.15, 0.2) is 31.7 Å². The molecular weight excluding hydrogens is 1050 g/mol. The molecule has 5 aromatic carbocycles. The number of unbranched alkanes of at least 4 members (excludes halogenated alkanes) is 12. The van der Waals surface area contributed by atoms with Gasteiger partial charge in [-0.1, -0.05) is 165 Å². The molecule has 2 aromatic heterocycles. The van der Waals surface area contributed by atoms with E-state index in [4.69, 9.17) is 15.3 Å². The second kappa shape index (κ2) is 38.2. The lowest BCUT2D eigenvalue weighted by Crippen LogP contribution is -2.49. The quantitative estimate of drug-likeness (QED) is 0.0166. The van der Waals surface area contributed by atoms with E-state index in [0.29, 0.717) is 0 Å². The molecule has 0 N–H and O–H groups in total. The first-order chi connectivity index (χ1) is 42.2. The van der Waals surface area contributed by atoms with Gasteiger partial charge in [0.1, 0.15) is 5.69 Å². The van der Waals surface area contributed by atoms with E-state index in [-0.39, 0.29) is 0 Å². The molecule has 0 aliphatic carbocycles. The number of hydrogen-bond acceptors (Lipinski definition) is 6. The summed E-state index contributed by atoms with van der Waals surface area (Å²) < 4.78 is 7.06. The lowest BCUT2D eigenvalue weighted by atomic mass is 10.0. The van der Waals surface area contributed by atoms with Crippen LogP contribution in [0.3, 0.4) is 0 Å². The Balaban J connectivity index is 0.000000276. The second-order valence-electron chi connectivity index (χ2n) is 24.4. The molecule has 2 heterocycles. The molecule has 0 saturated heterocycles. The third-order valence-electron chi connectivity index (χ3n) is 19.0. The van der Waals surface area contributed by atoms with Crippen LogP contribution in [0.1, 0.15) is 185 Å². The lowest BCUT2D eigenvalue weighted by molar-refractivity contribution is -0.925. The van der Waals surface area contributed by atoms with E-state index in [9.17, 15) is 0 Å². The first kappa shape index (κ1) is 69.0. The lowest BCUT2D eigenvalue weighted by Gasteiger charge is -2.35. The molecule has 0 unspecified atom stereocenters. The first-order valence-electron chi connectivity index (χ1n) is 34.7. The minimum absolute atomic E-state index is 0.892. The number of quaternary nitrogens is 2. The van der Waals surface area contributed by atoms with Gasteiger partial charge in [0.05, 0.1) is 87.6 Å². The van der Waals surface area contributed by atoms with E-state index in [0.717, 1.165) is 73.8 Å². The SMILES string of the molecule is CCCCCCN(CCCCCC)c1ccc(N=Nc2cc[n+](CCC[N+](CC)(CC)CC)c3ccccc23)c2ccccc12.CCCCCCN(CCCCCC)c1ccc(N=Nc2cc[n+](CCC[N+](CC)(CC)CC)cc2)c2ccccc12. The Morgan fingerprint density at radius 2 is 0.698 bits per heavy atom. The van der Waals surface area contributed by atoms with Crippen LogP contribution in [0.15, 0.2) is 154 Å². The molecule has 0 atom stereocenters. The van der Waals surface area contributed by atoms with E-state index in [1.54, 1.807) is 0 Å². The van der Waals surface area contributed by atoms with Gasteiger partial charge in [0, 0.05) is 83.4 Å². The van der Waals surface area contributed by atoms with Crippen molar-refractivity contribution in [2.45, 2.75) is 198 Å². The zero-order chi connectivity index (χ0) is 61.2. The number of anilines is 2. The average Bonchev–Trinajstić information content (AvgIpc) is 3.43. The highest BCUT2D eigenvalue weighted by atomic mass is 15.3. The van der Waals surface area contributed by atoms with Crippen LogP contribution in [-0.4, -0.2) is 87.5 Å². The van der Waals surface area contributed by atoms with Crippen molar-refractivity contribution in [1.82, 2.24) is 0 Å². The molecule has 7 aromatic rings. The molecule has 0 spiro atoms. The molecular formula is C76H116N10+4. The van der Waals surface area contributed by atoms with E-state index >= 15 is 0 Å². The molecule has 0 radical (unpaired) electrons. The van der Waals surface area contributed by atoms with Gasteiger partial charge in [0.25, 0.3) is 0 Å². The molecule has 466 valence electrons. The Hall–Kier alpha value is -6.10. The summed E-state index contributed by atoms with van der Waals surface area (Å²) in [4.78, 5) is 5.25. The summed E-state index contributed by atoms with van der Waals surface area (Å²) in [5.41, 5.74) is 7.57. The third-order valence-corrected chi connectivity index (χ3v) is 19.0. The molecule has 0 bridgehead atoms. The molecule has 10 heteroatoms. The van der Waals surface area contributed by atoms with Crippen molar-refractivity contribution in [1.29, 1.82) is 0 Å². The number of rotatable bonds is 40. The standard InChI is InChI=1S/C40H59N5.C36H57N5/c1-6-11-13-19-29-43(30-20-14-12-7-2)40-27-26-37(34-22-15-16-23-35(34)40)41-42-38-28-32-44(39-25-18-17-24-36(38)39)31-21-33-45(8-3,9-4)10-5;1-6-11-13-17-27-40(28-18-14-12-7-2)36-23-22-35(33-20-15-16-21-34(33)36)38-37-32-24-29-39(30-25-32)26-19-31-41(8-3,9-4)10-5/h15-18,22-28,32H,6-14,19-21,29-31,33H2,1-5H3;15-16,20-25,29-30H,6-14,17-19,26-28,31H2,1-5H3/q2*+2. The summed E-state index contributed by atoms with van der Waals surface area (Å²) in [7, 11) is 0. The number of hydrogen-bond donors (Lipinski definition) is 0. The smallest absolute Gasteiger partial charge is 0.214 e. The van der Waals surface area contributed by atoms with Crippen LogP contribution >= 0.6 is 0 Å². The predicted octanol–water partition coefficient (Wildman–Crippen LogP) is 20.7. The Bertz CT molecular complexity index is 3030. The summed E-state index contributed by atoms with van der Waals surface area (Å²) in [6, 6.07) is 41.3. The maximum atomic E-state index is 4.88. The van der Waals surface area contributed by atoms with Crippen LogP contribution in [0.4, 0.5) is 34.1 Å². The zero-order valence-corrected chi connectivity index (χ0v) is 55.8. The minimum Gasteiger partial charge on any atom is -0.371 e. The second-order valence-corrected chi connectivity index (χ2v) is 24.4. The predicted molar refractivity (Wildman–Crippen MR) is 371 cm³/mol. The number of aryl methyl sites for hydroxylation is 2. The van der Waals surface area contributed by atoms with Crippen LogP contribution in [0.25, 0.3) is 32.4 Å². The molecule has 0 saturated carbocycles. The monoisotopic (exact) mass is 1170 g/mol. The Morgan fingerprint density at radius 1 is 0.326 bits per heavy atom. The molecule has 0 aliphatic rings. The first-order valence-corrected chi connectivity index (χ1v) is 34.7. The van der Waals surface area contributed by atoms with E-state index in [1.807, 2.05) is 0 Å². The fourth-order valence-corrected chi connectivity index (χ4v) is 12.8. The minimum atomic E-state index is 0.892. The zero-order valence-electron chi connectivity index (χ0n) is 55.8. The van der Waals surface area contributed by atoms with E-state index < -0.39 is 0 Å². The Kier molecular flexibility index (Phi) is 30.7. The number of pyridine rings is 2. The van der Waals surface area contributed by atoms with Crippen LogP contribution < -0.4 is 18.9 Å². The highest BCUT2D eigenvalue weighted by molar-refractivity contribution is 6.02. The molecule has 7 rings (SSSR count).